The van der Waals surface area contributed by atoms with E-state index >= 15 is 0 Å². The van der Waals surface area contributed by atoms with Crippen molar-refractivity contribution in [3.8, 4) is 0 Å². The Hall–Kier alpha value is -2.34. The Bertz CT molecular complexity index is 759. The lowest BCUT2D eigenvalue weighted by molar-refractivity contribution is -0.132. The van der Waals surface area contributed by atoms with Crippen LogP contribution in [0.1, 0.15) is 12.0 Å². The highest BCUT2D eigenvalue weighted by molar-refractivity contribution is 9.10. The summed E-state index contributed by atoms with van der Waals surface area (Å²) in [4.78, 5) is 14.2. The van der Waals surface area contributed by atoms with E-state index in [0.717, 1.165) is 35.2 Å². The maximum atomic E-state index is 12.3. The molecule has 0 fully saturated rings. The van der Waals surface area contributed by atoms with Gasteiger partial charge in [0.05, 0.1) is 12.8 Å². The van der Waals surface area contributed by atoms with Crippen molar-refractivity contribution in [3.63, 3.8) is 0 Å². The predicted molar refractivity (Wildman–Crippen MR) is 99.3 cm³/mol. The number of rotatable bonds is 2. The lowest BCUT2D eigenvalue weighted by Crippen LogP contribution is -2.41. The number of carbonyl (C=O) groups excluding carboxylic acids is 1. The first-order chi connectivity index (χ1) is 11.7. The molecule has 0 bridgehead atoms. The second-order valence-electron chi connectivity index (χ2n) is 5.43. The summed E-state index contributed by atoms with van der Waals surface area (Å²) in [7, 11) is 1.37. The third-order valence-corrected chi connectivity index (χ3v) is 4.40. The lowest BCUT2D eigenvalue weighted by atomic mass is 10.0. The van der Waals surface area contributed by atoms with Crippen molar-refractivity contribution in [2.45, 2.75) is 12.8 Å². The molecule has 0 amide bonds. The van der Waals surface area contributed by atoms with Crippen LogP contribution in [0.5, 0.6) is 0 Å². The van der Waals surface area contributed by atoms with Gasteiger partial charge in [0.15, 0.2) is 0 Å². The normalized spacial score (nSPS) is 14.1. The number of aryl methyl sites for hydroxylation is 1. The zero-order valence-electron chi connectivity index (χ0n) is 13.3. The number of hydrazone groups is 1. The minimum atomic E-state index is -0.462. The van der Waals surface area contributed by atoms with Crippen LogP contribution in [0.4, 0.5) is 11.4 Å². The van der Waals surface area contributed by atoms with E-state index in [0.29, 0.717) is 0 Å². The van der Waals surface area contributed by atoms with Gasteiger partial charge in [-0.15, -0.1) is 5.10 Å². The molecule has 0 saturated heterocycles. The molecule has 0 saturated carbocycles. The molecular formula is C18H18BrN3O2. The van der Waals surface area contributed by atoms with Gasteiger partial charge in [-0.1, -0.05) is 34.1 Å². The first-order valence-electron chi connectivity index (χ1n) is 7.72. The Morgan fingerprint density at radius 1 is 1.21 bits per heavy atom. The number of nitrogens with one attached hydrogen (secondary N) is 1. The van der Waals surface area contributed by atoms with Gasteiger partial charge in [0.1, 0.15) is 0 Å². The first kappa shape index (κ1) is 16.5. The highest BCUT2D eigenvalue weighted by Gasteiger charge is 2.26. The number of para-hydroxylation sites is 1. The van der Waals surface area contributed by atoms with Crippen molar-refractivity contribution in [3.05, 3.63) is 58.6 Å². The topological polar surface area (TPSA) is 53.9 Å². The molecule has 0 atom stereocenters. The summed E-state index contributed by atoms with van der Waals surface area (Å²) in [6.07, 6.45) is 1.96. The number of halogens is 1. The number of fused-ring (bicyclic) bond motifs is 1. The van der Waals surface area contributed by atoms with Crippen LogP contribution >= 0.6 is 15.9 Å². The standard InChI is InChI=1S/C18H18BrN3O2/c1-24-18(23)17(21-20-15-10-8-14(19)9-11-15)22-12-4-6-13-5-2-3-7-16(13)22/h2-3,5,7-11,20H,4,6,12H2,1H3. The van der Waals surface area contributed by atoms with Gasteiger partial charge in [0.2, 0.25) is 5.84 Å². The molecule has 0 spiro atoms. The number of esters is 1. The molecule has 2 aromatic carbocycles. The van der Waals surface area contributed by atoms with E-state index in [9.17, 15) is 4.79 Å². The molecule has 0 unspecified atom stereocenters. The van der Waals surface area contributed by atoms with Crippen LogP contribution in [0.25, 0.3) is 0 Å². The van der Waals surface area contributed by atoms with Crippen molar-refractivity contribution < 1.29 is 9.53 Å². The van der Waals surface area contributed by atoms with Crippen molar-refractivity contribution in [1.29, 1.82) is 0 Å². The van der Waals surface area contributed by atoms with Gasteiger partial charge in [-0.2, -0.15) is 0 Å². The number of benzene rings is 2. The van der Waals surface area contributed by atoms with Crippen LogP contribution in [0.2, 0.25) is 0 Å². The van der Waals surface area contributed by atoms with Gasteiger partial charge in [-0.3, -0.25) is 5.43 Å². The average molecular weight is 388 g/mol. The maximum Gasteiger partial charge on any atom is 0.376 e. The number of amidine groups is 1. The van der Waals surface area contributed by atoms with E-state index in [-0.39, 0.29) is 5.84 Å². The Labute approximate surface area is 149 Å². The fraction of sp³-hybridized carbons (Fsp3) is 0.222. The minimum Gasteiger partial charge on any atom is -0.463 e. The maximum absolute atomic E-state index is 12.3. The van der Waals surface area contributed by atoms with E-state index in [2.05, 4.69) is 32.5 Å². The third kappa shape index (κ3) is 3.59. The summed E-state index contributed by atoms with van der Waals surface area (Å²) in [5, 5.41) is 4.32. The Morgan fingerprint density at radius 3 is 2.71 bits per heavy atom. The SMILES string of the molecule is COC(=O)C(=NNc1ccc(Br)cc1)N1CCCc2ccccc21. The Kier molecular flexibility index (Phi) is 5.15. The van der Waals surface area contributed by atoms with E-state index < -0.39 is 5.97 Å². The van der Waals surface area contributed by atoms with E-state index in [1.165, 1.54) is 12.7 Å². The van der Waals surface area contributed by atoms with Crippen molar-refractivity contribution in [1.82, 2.24) is 0 Å². The Morgan fingerprint density at radius 2 is 1.96 bits per heavy atom. The van der Waals surface area contributed by atoms with E-state index in [1.807, 2.05) is 47.4 Å². The molecule has 1 aliphatic heterocycles. The predicted octanol–water partition coefficient (Wildman–Crippen LogP) is 3.80. The smallest absolute Gasteiger partial charge is 0.376 e. The summed E-state index contributed by atoms with van der Waals surface area (Å²) in [5.41, 5.74) is 5.95. The summed E-state index contributed by atoms with van der Waals surface area (Å²) < 4.78 is 5.91. The number of anilines is 2. The number of methoxy groups -OCH3 is 1. The van der Waals surface area contributed by atoms with Crippen LogP contribution in [-0.4, -0.2) is 25.5 Å². The highest BCUT2D eigenvalue weighted by Crippen LogP contribution is 2.27. The van der Waals surface area contributed by atoms with Crippen molar-refractivity contribution >= 4 is 39.1 Å². The van der Waals surface area contributed by atoms with E-state index in [4.69, 9.17) is 4.74 Å². The van der Waals surface area contributed by atoms with Gasteiger partial charge < -0.3 is 9.64 Å². The molecule has 2 aromatic rings. The van der Waals surface area contributed by atoms with E-state index in [1.54, 1.807) is 0 Å². The van der Waals surface area contributed by atoms with Crippen LogP contribution in [-0.2, 0) is 16.0 Å². The highest BCUT2D eigenvalue weighted by atomic mass is 79.9. The van der Waals surface area contributed by atoms with Crippen molar-refractivity contribution in [2.75, 3.05) is 24.0 Å². The molecule has 3 rings (SSSR count). The third-order valence-electron chi connectivity index (χ3n) is 3.87. The Balaban J connectivity index is 1.91. The second kappa shape index (κ2) is 7.49. The van der Waals surface area contributed by atoms with Crippen LogP contribution in [0, 0.1) is 0 Å². The van der Waals surface area contributed by atoms with Crippen LogP contribution in [0.15, 0.2) is 58.1 Å². The molecule has 24 heavy (non-hydrogen) atoms. The van der Waals surface area contributed by atoms with Crippen LogP contribution < -0.4 is 10.3 Å². The van der Waals surface area contributed by atoms with Gasteiger partial charge >= 0.3 is 5.97 Å². The van der Waals surface area contributed by atoms with Crippen LogP contribution in [0.3, 0.4) is 0 Å². The molecular weight excluding hydrogens is 370 g/mol. The molecule has 0 aliphatic carbocycles. The molecule has 1 aliphatic rings. The summed E-state index contributed by atoms with van der Waals surface area (Å²) >= 11 is 3.39. The zero-order chi connectivity index (χ0) is 16.9. The zero-order valence-corrected chi connectivity index (χ0v) is 14.9. The van der Waals surface area contributed by atoms with Gasteiger partial charge in [0, 0.05) is 16.7 Å². The molecule has 1 N–H and O–H groups in total. The summed E-state index contributed by atoms with van der Waals surface area (Å²) in [5.74, 6) is -0.205. The number of hydrogen-bond acceptors (Lipinski definition) is 4. The average Bonchev–Trinajstić information content (AvgIpc) is 2.63. The van der Waals surface area contributed by atoms with Gasteiger partial charge in [0.25, 0.3) is 0 Å². The monoisotopic (exact) mass is 387 g/mol. The fourth-order valence-electron chi connectivity index (χ4n) is 2.70. The van der Waals surface area contributed by atoms with Crippen molar-refractivity contribution in [2.24, 2.45) is 5.10 Å². The molecule has 5 nitrogen and oxygen atoms in total. The first-order valence-corrected chi connectivity index (χ1v) is 8.51. The number of carbonyl (C=O) groups is 1. The molecule has 0 radical (unpaired) electrons. The van der Waals surface area contributed by atoms with Gasteiger partial charge in [-0.25, -0.2) is 4.79 Å². The molecule has 124 valence electrons. The number of nitrogens with zero attached hydrogens (tertiary/aromatic N) is 2. The lowest BCUT2D eigenvalue weighted by Gasteiger charge is -2.30. The second-order valence-corrected chi connectivity index (χ2v) is 6.35. The van der Waals surface area contributed by atoms with Gasteiger partial charge in [-0.05, 0) is 48.7 Å². The number of hydrogen-bond donors (Lipinski definition) is 1. The fourth-order valence-corrected chi connectivity index (χ4v) is 2.97. The molecule has 6 heteroatoms. The largest absolute Gasteiger partial charge is 0.463 e. The molecule has 1 heterocycles. The minimum absolute atomic E-state index is 0.257. The quantitative estimate of drug-likeness (QED) is 0.368. The number of ether oxygens (including phenoxy) is 1. The summed E-state index contributed by atoms with van der Waals surface area (Å²) in [6.45, 7) is 0.729. The summed E-state index contributed by atoms with van der Waals surface area (Å²) in [6, 6.07) is 15.6. The molecule has 0 aromatic heterocycles.